The minimum Gasteiger partial charge on any atom is -0.351 e. The highest BCUT2D eigenvalue weighted by Gasteiger charge is 2.19. The van der Waals surface area contributed by atoms with Gasteiger partial charge in [-0.3, -0.25) is 14.4 Å². The molecule has 0 aliphatic carbocycles. The fourth-order valence-electron chi connectivity index (χ4n) is 3.69. The smallest absolute Gasteiger partial charge is 0.217 e. The maximum atomic E-state index is 11.1. The molecule has 5 nitrogen and oxygen atoms in total. The lowest BCUT2D eigenvalue weighted by Crippen LogP contribution is -2.33. The molecule has 0 atom stereocenters. The largest absolute Gasteiger partial charge is 0.351 e. The third kappa shape index (κ3) is 3.35. The summed E-state index contributed by atoms with van der Waals surface area (Å²) in [5.74, 6) is -0.0240. The van der Waals surface area contributed by atoms with Gasteiger partial charge in [0.25, 0.3) is 0 Å². The zero-order valence-electron chi connectivity index (χ0n) is 15.3. The Labute approximate surface area is 153 Å². The Balaban J connectivity index is 1.53. The molecule has 0 saturated heterocycles. The Morgan fingerprint density at radius 3 is 2.88 bits per heavy atom. The average molecular weight is 348 g/mol. The Bertz CT molecular complexity index is 960. The van der Waals surface area contributed by atoms with Crippen molar-refractivity contribution in [1.29, 1.82) is 0 Å². The van der Waals surface area contributed by atoms with Crippen LogP contribution in [0.3, 0.4) is 0 Å². The lowest BCUT2D eigenvalue weighted by molar-refractivity contribution is -0.119. The number of aromatic nitrogens is 2. The summed E-state index contributed by atoms with van der Waals surface area (Å²) in [5, 5.41) is 10.1. The molecule has 4 rings (SSSR count). The number of nitrogens with one attached hydrogen (secondary N) is 1. The van der Waals surface area contributed by atoms with Crippen molar-refractivity contribution in [3.05, 3.63) is 65.0 Å². The van der Waals surface area contributed by atoms with Crippen LogP contribution < -0.4 is 5.32 Å². The monoisotopic (exact) mass is 348 g/mol. The number of hydrogen-bond acceptors (Lipinski definition) is 3. The molecule has 3 aromatic rings. The van der Waals surface area contributed by atoms with Gasteiger partial charge in [0.05, 0.1) is 24.5 Å². The van der Waals surface area contributed by atoms with E-state index >= 15 is 0 Å². The van der Waals surface area contributed by atoms with Crippen molar-refractivity contribution >= 4 is 16.7 Å². The van der Waals surface area contributed by atoms with Gasteiger partial charge in [-0.25, -0.2) is 0 Å². The minimum absolute atomic E-state index is 0.0240. The van der Waals surface area contributed by atoms with Crippen molar-refractivity contribution in [1.82, 2.24) is 20.0 Å². The summed E-state index contributed by atoms with van der Waals surface area (Å²) in [6, 6.07) is 15.1. The zero-order valence-corrected chi connectivity index (χ0v) is 15.3. The Morgan fingerprint density at radius 1 is 1.19 bits per heavy atom. The first kappa shape index (κ1) is 16.8. The van der Waals surface area contributed by atoms with Crippen molar-refractivity contribution in [3.8, 4) is 0 Å². The fraction of sp³-hybridized carbons (Fsp3) is 0.333. The molecule has 0 saturated carbocycles. The van der Waals surface area contributed by atoms with Crippen LogP contribution in [-0.4, -0.2) is 27.1 Å². The number of hydrogen-bond donors (Lipinski definition) is 1. The normalized spacial score (nSPS) is 14.4. The summed E-state index contributed by atoms with van der Waals surface area (Å²) in [5.41, 5.74) is 4.90. The van der Waals surface area contributed by atoms with E-state index < -0.39 is 0 Å². The van der Waals surface area contributed by atoms with E-state index in [0.29, 0.717) is 6.54 Å². The molecule has 134 valence electrons. The number of carbonyl (C=O) groups is 1. The van der Waals surface area contributed by atoms with E-state index in [0.717, 1.165) is 31.9 Å². The average Bonchev–Trinajstić information content (AvgIpc) is 3.04. The van der Waals surface area contributed by atoms with E-state index in [1.807, 2.05) is 0 Å². The number of fused-ring (bicyclic) bond motifs is 2. The zero-order chi connectivity index (χ0) is 18.1. The first-order valence-corrected chi connectivity index (χ1v) is 9.10. The van der Waals surface area contributed by atoms with E-state index in [1.54, 1.807) is 0 Å². The van der Waals surface area contributed by atoms with Crippen molar-refractivity contribution < 1.29 is 4.79 Å². The first-order valence-electron chi connectivity index (χ1n) is 9.10. The fourth-order valence-corrected chi connectivity index (χ4v) is 3.69. The van der Waals surface area contributed by atoms with Crippen LogP contribution in [0.4, 0.5) is 0 Å². The molecule has 1 aliphatic rings. The minimum atomic E-state index is -0.0240. The molecule has 2 aromatic carbocycles. The van der Waals surface area contributed by atoms with E-state index in [9.17, 15) is 4.79 Å². The van der Waals surface area contributed by atoms with Crippen LogP contribution in [0.5, 0.6) is 0 Å². The number of rotatable bonds is 4. The number of benzene rings is 2. The molecular weight excluding hydrogens is 324 g/mol. The summed E-state index contributed by atoms with van der Waals surface area (Å²) in [6.07, 6.45) is 0. The van der Waals surface area contributed by atoms with Gasteiger partial charge in [0.1, 0.15) is 0 Å². The number of nitrogens with zero attached hydrogens (tertiary/aromatic N) is 3. The molecule has 0 unspecified atom stereocenters. The number of amides is 1. The standard InChI is InChI=1S/C21H24N4O/c1-15-7-8-17-5-3-4-6-20(17)21(15)14-24-9-10-25-19(13-24)11-18(23-25)12-22-16(2)26/h3-8,11H,9-10,12-14H2,1-2H3,(H,22,26). The third-order valence-electron chi connectivity index (χ3n) is 5.10. The van der Waals surface area contributed by atoms with Crippen molar-refractivity contribution in [2.45, 2.75) is 40.0 Å². The molecule has 1 amide bonds. The molecular formula is C21H24N4O. The predicted molar refractivity (Wildman–Crippen MR) is 103 cm³/mol. The number of carbonyl (C=O) groups excluding carboxylic acids is 1. The molecule has 26 heavy (non-hydrogen) atoms. The van der Waals surface area contributed by atoms with Gasteiger partial charge in [-0.05, 0) is 34.9 Å². The second-order valence-electron chi connectivity index (χ2n) is 7.05. The highest BCUT2D eigenvalue weighted by molar-refractivity contribution is 5.86. The van der Waals surface area contributed by atoms with Crippen LogP contribution in [0.2, 0.25) is 0 Å². The SMILES string of the molecule is CC(=O)NCc1cc2n(n1)CCN(Cc1c(C)ccc3ccccc13)C2. The van der Waals surface area contributed by atoms with Gasteiger partial charge in [-0.1, -0.05) is 36.4 Å². The second-order valence-corrected chi connectivity index (χ2v) is 7.05. The first-order chi connectivity index (χ1) is 12.6. The highest BCUT2D eigenvalue weighted by atomic mass is 16.1. The van der Waals surface area contributed by atoms with Crippen LogP contribution in [0.1, 0.15) is 29.4 Å². The molecule has 0 spiro atoms. The van der Waals surface area contributed by atoms with E-state index in [4.69, 9.17) is 0 Å². The summed E-state index contributed by atoms with van der Waals surface area (Å²) >= 11 is 0. The predicted octanol–water partition coefficient (Wildman–Crippen LogP) is 3.00. The molecule has 2 heterocycles. The van der Waals surface area contributed by atoms with E-state index in [1.165, 1.54) is 34.5 Å². The van der Waals surface area contributed by atoms with Gasteiger partial charge in [-0.15, -0.1) is 0 Å². The maximum absolute atomic E-state index is 11.1. The summed E-state index contributed by atoms with van der Waals surface area (Å²) in [7, 11) is 0. The molecule has 5 heteroatoms. The summed E-state index contributed by atoms with van der Waals surface area (Å²) in [6.45, 7) is 7.93. The highest BCUT2D eigenvalue weighted by Crippen LogP contribution is 2.25. The third-order valence-corrected chi connectivity index (χ3v) is 5.10. The van der Waals surface area contributed by atoms with Crippen LogP contribution in [0.25, 0.3) is 10.8 Å². The van der Waals surface area contributed by atoms with Gasteiger partial charge in [0.2, 0.25) is 5.91 Å². The van der Waals surface area contributed by atoms with Gasteiger partial charge in [-0.2, -0.15) is 5.10 Å². The second kappa shape index (κ2) is 6.92. The van der Waals surface area contributed by atoms with Gasteiger partial charge in [0, 0.05) is 26.6 Å². The molecule has 1 aliphatic heterocycles. The Hall–Kier alpha value is -2.66. The van der Waals surface area contributed by atoms with Gasteiger partial charge in [0.15, 0.2) is 0 Å². The summed E-state index contributed by atoms with van der Waals surface area (Å²) < 4.78 is 2.07. The van der Waals surface area contributed by atoms with Crippen molar-refractivity contribution in [3.63, 3.8) is 0 Å². The quantitative estimate of drug-likeness (QED) is 0.788. The van der Waals surface area contributed by atoms with Crippen LogP contribution in [-0.2, 0) is 31.0 Å². The lowest BCUT2D eigenvalue weighted by Gasteiger charge is -2.28. The topological polar surface area (TPSA) is 50.2 Å². The number of aryl methyl sites for hydroxylation is 1. The van der Waals surface area contributed by atoms with E-state index in [2.05, 4.69) is 69.4 Å². The Morgan fingerprint density at radius 2 is 2.04 bits per heavy atom. The van der Waals surface area contributed by atoms with Crippen molar-refractivity contribution in [2.75, 3.05) is 6.54 Å². The molecule has 1 N–H and O–H groups in total. The van der Waals surface area contributed by atoms with E-state index in [-0.39, 0.29) is 5.91 Å². The Kier molecular flexibility index (Phi) is 4.47. The lowest BCUT2D eigenvalue weighted by atomic mass is 9.99. The molecule has 1 aromatic heterocycles. The van der Waals surface area contributed by atoms with Crippen LogP contribution in [0, 0.1) is 6.92 Å². The van der Waals surface area contributed by atoms with Crippen molar-refractivity contribution in [2.24, 2.45) is 0 Å². The van der Waals surface area contributed by atoms with Crippen LogP contribution in [0.15, 0.2) is 42.5 Å². The molecule has 0 fully saturated rings. The van der Waals surface area contributed by atoms with Crippen LogP contribution >= 0.6 is 0 Å². The van der Waals surface area contributed by atoms with Gasteiger partial charge >= 0.3 is 0 Å². The van der Waals surface area contributed by atoms with Gasteiger partial charge < -0.3 is 5.32 Å². The summed E-state index contributed by atoms with van der Waals surface area (Å²) in [4.78, 5) is 13.6. The maximum Gasteiger partial charge on any atom is 0.217 e. The molecule has 0 bridgehead atoms. The molecule has 0 radical (unpaired) electrons.